The van der Waals surface area contributed by atoms with E-state index in [0.29, 0.717) is 0 Å². The van der Waals surface area contributed by atoms with E-state index in [1.165, 1.54) is 104 Å². The Balaban J connectivity index is 1.26. The second kappa shape index (κ2) is 13.7. The zero-order valence-electron chi connectivity index (χ0n) is 33.9. The van der Waals surface area contributed by atoms with Gasteiger partial charge in [0.25, 0.3) is 0 Å². The summed E-state index contributed by atoms with van der Waals surface area (Å²) in [5.74, 6) is 0. The number of fused-ring (bicyclic) bond motifs is 14. The highest BCUT2D eigenvalue weighted by Crippen LogP contribution is 2.65. The van der Waals surface area contributed by atoms with E-state index in [0.717, 1.165) is 11.4 Å². The molecule has 1 heterocycles. The van der Waals surface area contributed by atoms with Crippen molar-refractivity contribution in [3.8, 4) is 33.4 Å². The van der Waals surface area contributed by atoms with Crippen LogP contribution in [0.4, 0.5) is 11.4 Å². The molecule has 0 saturated carbocycles. The standard InChI is InChI=1S/C60H41N/c1-3-4-31-56-39(2)60(54-30-14-15-32-57(54)61(56)44-22-6-5-7-23-44)55-38-43(48-29-17-21-41-19-9-11-25-46(41)48)34-36-52(55)58-50-27-13-12-26-49(50)53-37-42(33-35-51(53)59(58)60)47-28-16-20-40-18-8-10-24-45(40)47/h3-38H,1H2,2H3/b31-4-. The van der Waals surface area contributed by atoms with Crippen molar-refractivity contribution in [2.75, 3.05) is 4.90 Å². The first-order valence-electron chi connectivity index (χ1n) is 21.2. The summed E-state index contributed by atoms with van der Waals surface area (Å²) in [6, 6.07) is 74.4. The molecule has 0 fully saturated rings. The van der Waals surface area contributed by atoms with Crippen molar-refractivity contribution in [1.82, 2.24) is 0 Å². The van der Waals surface area contributed by atoms with Crippen LogP contribution in [0.2, 0.25) is 0 Å². The normalized spacial score (nSPS) is 15.6. The number of rotatable bonds is 5. The molecule has 0 N–H and O–H groups in total. The summed E-state index contributed by atoms with van der Waals surface area (Å²) < 4.78 is 0. The van der Waals surface area contributed by atoms with Gasteiger partial charge in [-0.2, -0.15) is 0 Å². The van der Waals surface area contributed by atoms with Crippen LogP contribution in [-0.2, 0) is 5.41 Å². The molecule has 10 aromatic carbocycles. The van der Waals surface area contributed by atoms with Gasteiger partial charge in [-0.15, -0.1) is 0 Å². The Kier molecular flexibility index (Phi) is 7.89. The van der Waals surface area contributed by atoms with Crippen molar-refractivity contribution in [1.29, 1.82) is 0 Å². The fourth-order valence-corrected chi connectivity index (χ4v) is 10.9. The van der Waals surface area contributed by atoms with E-state index in [4.69, 9.17) is 0 Å². The molecule has 0 radical (unpaired) electrons. The molecular weight excluding hydrogens is 735 g/mol. The minimum absolute atomic E-state index is 0.642. The Labute approximate surface area is 356 Å². The average Bonchev–Trinajstić information content (AvgIpc) is 3.63. The van der Waals surface area contributed by atoms with Crippen LogP contribution in [-0.4, -0.2) is 0 Å². The Hall–Kier alpha value is -7.74. The second-order valence-electron chi connectivity index (χ2n) is 16.4. The molecule has 1 aliphatic carbocycles. The molecule has 1 unspecified atom stereocenters. The topological polar surface area (TPSA) is 3.24 Å². The Bertz CT molecular complexity index is 3500. The van der Waals surface area contributed by atoms with Crippen LogP contribution in [0.25, 0.3) is 76.5 Å². The second-order valence-corrected chi connectivity index (χ2v) is 16.4. The van der Waals surface area contributed by atoms with Crippen molar-refractivity contribution in [3.63, 3.8) is 0 Å². The van der Waals surface area contributed by atoms with E-state index in [9.17, 15) is 0 Å². The zero-order chi connectivity index (χ0) is 40.7. The fraction of sp³-hybridized carbons (Fsp3) is 0.0333. The number of anilines is 2. The van der Waals surface area contributed by atoms with Crippen LogP contribution in [0.5, 0.6) is 0 Å². The molecule has 1 aliphatic heterocycles. The number of nitrogens with zero attached hydrogens (tertiary/aromatic N) is 1. The van der Waals surface area contributed by atoms with E-state index in [2.05, 4.69) is 231 Å². The molecule has 1 nitrogen and oxygen atoms in total. The van der Waals surface area contributed by atoms with Gasteiger partial charge in [0, 0.05) is 11.4 Å². The van der Waals surface area contributed by atoms with Crippen LogP contribution in [0.15, 0.2) is 236 Å². The van der Waals surface area contributed by atoms with Gasteiger partial charge in [0.05, 0.1) is 11.1 Å². The lowest BCUT2D eigenvalue weighted by Gasteiger charge is -2.45. The van der Waals surface area contributed by atoms with E-state index in [-0.39, 0.29) is 0 Å². The molecule has 61 heavy (non-hydrogen) atoms. The molecule has 0 bridgehead atoms. The van der Waals surface area contributed by atoms with Crippen molar-refractivity contribution in [2.24, 2.45) is 0 Å². The van der Waals surface area contributed by atoms with Crippen LogP contribution in [0, 0.1) is 0 Å². The summed E-state index contributed by atoms with van der Waals surface area (Å²) in [4.78, 5) is 2.45. The summed E-state index contributed by atoms with van der Waals surface area (Å²) in [5.41, 5.74) is 15.5. The highest BCUT2D eigenvalue weighted by molar-refractivity contribution is 6.20. The minimum atomic E-state index is -0.642. The van der Waals surface area contributed by atoms with Crippen molar-refractivity contribution >= 4 is 54.5 Å². The Morgan fingerprint density at radius 2 is 1.05 bits per heavy atom. The molecule has 286 valence electrons. The quantitative estimate of drug-likeness (QED) is 0.124. The maximum absolute atomic E-state index is 4.14. The third-order valence-electron chi connectivity index (χ3n) is 13.4. The number of benzene rings is 10. The van der Waals surface area contributed by atoms with Gasteiger partial charge >= 0.3 is 0 Å². The first-order valence-corrected chi connectivity index (χ1v) is 21.2. The summed E-state index contributed by atoms with van der Waals surface area (Å²) in [6.45, 7) is 6.52. The average molecular weight is 776 g/mol. The van der Waals surface area contributed by atoms with Gasteiger partial charge in [0.1, 0.15) is 0 Å². The summed E-state index contributed by atoms with van der Waals surface area (Å²) in [5, 5.41) is 10.1. The molecular formula is C60H41N. The monoisotopic (exact) mass is 775 g/mol. The number of hydrogen-bond donors (Lipinski definition) is 0. The van der Waals surface area contributed by atoms with Crippen molar-refractivity contribution in [2.45, 2.75) is 12.3 Å². The van der Waals surface area contributed by atoms with E-state index in [1.54, 1.807) is 0 Å². The lowest BCUT2D eigenvalue weighted by atomic mass is 9.63. The summed E-state index contributed by atoms with van der Waals surface area (Å²) in [7, 11) is 0. The van der Waals surface area contributed by atoms with E-state index < -0.39 is 5.41 Å². The van der Waals surface area contributed by atoms with Gasteiger partial charge in [0.15, 0.2) is 0 Å². The molecule has 10 aromatic rings. The first kappa shape index (κ1) is 35.2. The summed E-state index contributed by atoms with van der Waals surface area (Å²) in [6.07, 6.45) is 6.25. The molecule has 1 heteroatoms. The number of para-hydroxylation sites is 2. The molecule has 0 amide bonds. The number of allylic oxidation sites excluding steroid dienone is 4. The Morgan fingerprint density at radius 1 is 0.459 bits per heavy atom. The first-order chi connectivity index (χ1) is 30.2. The molecule has 0 aromatic heterocycles. The third kappa shape index (κ3) is 5.01. The maximum atomic E-state index is 4.14. The molecule has 0 saturated heterocycles. The SMILES string of the molecule is C=C/C=C\C1=C(C)C2(c3cc(-c4cccc5ccccc45)ccc3-c3c2c2ccc(-c4cccc5ccccc45)cc2c2ccccc32)c2ccccc2N1c1ccccc1. The van der Waals surface area contributed by atoms with Crippen LogP contribution < -0.4 is 4.90 Å². The van der Waals surface area contributed by atoms with Crippen molar-refractivity contribution < 1.29 is 0 Å². The molecule has 2 aliphatic rings. The largest absolute Gasteiger partial charge is 0.310 e. The zero-order valence-corrected chi connectivity index (χ0v) is 33.9. The predicted octanol–water partition coefficient (Wildman–Crippen LogP) is 16.1. The van der Waals surface area contributed by atoms with E-state index in [1.807, 2.05) is 6.08 Å². The van der Waals surface area contributed by atoms with Crippen molar-refractivity contribution in [3.05, 3.63) is 253 Å². The molecule has 1 atom stereocenters. The van der Waals surface area contributed by atoms with Gasteiger partial charge in [-0.1, -0.05) is 189 Å². The fourth-order valence-electron chi connectivity index (χ4n) is 10.9. The highest BCUT2D eigenvalue weighted by atomic mass is 15.2. The number of hydrogen-bond acceptors (Lipinski definition) is 1. The van der Waals surface area contributed by atoms with E-state index >= 15 is 0 Å². The van der Waals surface area contributed by atoms with Gasteiger partial charge in [-0.05, 0) is 142 Å². The van der Waals surface area contributed by atoms with Gasteiger partial charge in [0.2, 0.25) is 0 Å². The Morgan fingerprint density at radius 3 is 1.77 bits per heavy atom. The molecule has 12 rings (SSSR count). The van der Waals surface area contributed by atoms with Crippen LogP contribution >= 0.6 is 0 Å². The highest BCUT2D eigenvalue weighted by Gasteiger charge is 2.52. The van der Waals surface area contributed by atoms with Crippen LogP contribution in [0.1, 0.15) is 23.6 Å². The maximum Gasteiger partial charge on any atom is 0.0720 e. The lowest BCUT2D eigenvalue weighted by molar-refractivity contribution is 0.723. The van der Waals surface area contributed by atoms with Crippen LogP contribution in [0.3, 0.4) is 0 Å². The van der Waals surface area contributed by atoms with Gasteiger partial charge in [-0.3, -0.25) is 0 Å². The predicted molar refractivity (Wildman–Crippen MR) is 260 cm³/mol. The van der Waals surface area contributed by atoms with Gasteiger partial charge < -0.3 is 4.90 Å². The third-order valence-corrected chi connectivity index (χ3v) is 13.4. The smallest absolute Gasteiger partial charge is 0.0720 e. The lowest BCUT2D eigenvalue weighted by Crippen LogP contribution is -2.38. The van der Waals surface area contributed by atoms with Gasteiger partial charge in [-0.25, -0.2) is 0 Å². The minimum Gasteiger partial charge on any atom is -0.310 e. The summed E-state index contributed by atoms with van der Waals surface area (Å²) >= 11 is 0. The molecule has 1 spiro atoms.